The van der Waals surface area contributed by atoms with Crippen LogP contribution >= 0.6 is 0 Å². The maximum Gasteiger partial charge on any atom is 0.130 e. The van der Waals surface area contributed by atoms with Crippen LogP contribution in [0, 0.1) is 17.6 Å². The van der Waals surface area contributed by atoms with Crippen LogP contribution in [0.25, 0.3) is 0 Å². The van der Waals surface area contributed by atoms with Gasteiger partial charge in [0.1, 0.15) is 11.6 Å². The highest BCUT2D eigenvalue weighted by Gasteiger charge is 2.06. The number of halogens is 2. The van der Waals surface area contributed by atoms with E-state index in [1.165, 1.54) is 12.1 Å². The Morgan fingerprint density at radius 3 is 2.71 bits per heavy atom. The highest BCUT2D eigenvalue weighted by atomic mass is 19.1. The predicted molar refractivity (Wildman–Crippen MR) is 79.0 cm³/mol. The van der Waals surface area contributed by atoms with Crippen LogP contribution in [0.4, 0.5) is 8.78 Å². The zero-order chi connectivity index (χ0) is 15.7. The van der Waals surface area contributed by atoms with E-state index in [4.69, 9.17) is 4.74 Å². The third-order valence-corrected chi connectivity index (χ3v) is 3.09. The second-order valence-corrected chi connectivity index (χ2v) is 5.63. The van der Waals surface area contributed by atoms with Gasteiger partial charge in [-0.2, -0.15) is 0 Å². The molecule has 120 valence electrons. The minimum absolute atomic E-state index is 0.247. The Bertz CT molecular complexity index is 413. The van der Waals surface area contributed by atoms with E-state index in [9.17, 15) is 13.9 Å². The van der Waals surface area contributed by atoms with Crippen LogP contribution in [0.5, 0.6) is 0 Å². The number of hydrogen-bond donors (Lipinski definition) is 2. The first-order valence-corrected chi connectivity index (χ1v) is 7.39. The van der Waals surface area contributed by atoms with Gasteiger partial charge in [0.05, 0.1) is 12.7 Å². The van der Waals surface area contributed by atoms with E-state index in [1.807, 2.05) is 0 Å². The van der Waals surface area contributed by atoms with E-state index in [1.54, 1.807) is 0 Å². The fourth-order valence-corrected chi connectivity index (χ4v) is 1.91. The number of aliphatic hydroxyl groups is 1. The average Bonchev–Trinajstić information content (AvgIpc) is 2.40. The Labute approximate surface area is 125 Å². The summed E-state index contributed by atoms with van der Waals surface area (Å²) in [6.07, 6.45) is 1.46. The molecule has 0 aliphatic heterocycles. The van der Waals surface area contributed by atoms with Crippen LogP contribution in [0.1, 0.15) is 32.3 Å². The standard InChI is InChI=1S/C16H25F2NO2/c1-12(2)4-3-7-21-11-15(20)10-19-9-13-5-6-14(17)8-16(13)18/h5-6,8,12,15,19-20H,3-4,7,9-11H2,1-2H3. The SMILES string of the molecule is CC(C)CCCOCC(O)CNCc1ccc(F)cc1F. The van der Waals surface area contributed by atoms with Crippen molar-refractivity contribution < 1.29 is 18.6 Å². The lowest BCUT2D eigenvalue weighted by Gasteiger charge is -2.13. The number of aliphatic hydroxyl groups excluding tert-OH is 1. The molecule has 0 heterocycles. The molecule has 0 spiro atoms. The van der Waals surface area contributed by atoms with Gasteiger partial charge in [0.25, 0.3) is 0 Å². The van der Waals surface area contributed by atoms with Crippen molar-refractivity contribution in [3.05, 3.63) is 35.4 Å². The molecular weight excluding hydrogens is 276 g/mol. The molecule has 0 saturated heterocycles. The van der Waals surface area contributed by atoms with Crippen LogP contribution in [-0.4, -0.2) is 31.0 Å². The van der Waals surface area contributed by atoms with Crippen LogP contribution in [0.15, 0.2) is 18.2 Å². The van der Waals surface area contributed by atoms with Gasteiger partial charge in [0.2, 0.25) is 0 Å². The summed E-state index contributed by atoms with van der Waals surface area (Å²) in [7, 11) is 0. The second kappa shape index (κ2) is 9.82. The van der Waals surface area contributed by atoms with Crippen molar-refractivity contribution in [2.75, 3.05) is 19.8 Å². The van der Waals surface area contributed by atoms with E-state index in [-0.39, 0.29) is 13.2 Å². The van der Waals surface area contributed by atoms with Gasteiger partial charge in [-0.3, -0.25) is 0 Å². The molecule has 0 fully saturated rings. The largest absolute Gasteiger partial charge is 0.389 e. The zero-order valence-electron chi connectivity index (χ0n) is 12.7. The van der Waals surface area contributed by atoms with Gasteiger partial charge in [-0.1, -0.05) is 19.9 Å². The second-order valence-electron chi connectivity index (χ2n) is 5.63. The molecule has 2 N–H and O–H groups in total. The molecule has 1 aromatic carbocycles. The topological polar surface area (TPSA) is 41.5 Å². The van der Waals surface area contributed by atoms with E-state index < -0.39 is 17.7 Å². The molecule has 0 radical (unpaired) electrons. The number of rotatable bonds is 10. The third-order valence-electron chi connectivity index (χ3n) is 3.09. The fourth-order valence-electron chi connectivity index (χ4n) is 1.91. The summed E-state index contributed by atoms with van der Waals surface area (Å²) < 4.78 is 31.5. The minimum atomic E-state index is -0.632. The Kier molecular flexibility index (Phi) is 8.42. The first-order chi connectivity index (χ1) is 9.99. The lowest BCUT2D eigenvalue weighted by molar-refractivity contribution is 0.0346. The van der Waals surface area contributed by atoms with Crippen LogP contribution < -0.4 is 5.32 Å². The van der Waals surface area contributed by atoms with Gasteiger partial charge in [-0.25, -0.2) is 8.78 Å². The first-order valence-electron chi connectivity index (χ1n) is 7.39. The van der Waals surface area contributed by atoms with Crippen LogP contribution in [0.2, 0.25) is 0 Å². The average molecular weight is 301 g/mol. The molecule has 0 amide bonds. The summed E-state index contributed by atoms with van der Waals surface area (Å²) in [5.41, 5.74) is 0.376. The highest BCUT2D eigenvalue weighted by molar-refractivity contribution is 5.18. The normalized spacial score (nSPS) is 12.9. The predicted octanol–water partition coefficient (Wildman–Crippen LogP) is 2.87. The maximum atomic E-state index is 13.4. The molecule has 0 aliphatic rings. The molecule has 21 heavy (non-hydrogen) atoms. The van der Waals surface area contributed by atoms with E-state index in [2.05, 4.69) is 19.2 Å². The third kappa shape index (κ3) is 8.09. The van der Waals surface area contributed by atoms with E-state index >= 15 is 0 Å². The minimum Gasteiger partial charge on any atom is -0.389 e. The summed E-state index contributed by atoms with van der Waals surface area (Å²) in [6, 6.07) is 3.46. The first kappa shape index (κ1) is 18.0. The van der Waals surface area contributed by atoms with Gasteiger partial charge in [-0.05, 0) is 24.8 Å². The molecule has 1 atom stereocenters. The monoisotopic (exact) mass is 301 g/mol. The summed E-state index contributed by atoms with van der Waals surface area (Å²) in [4.78, 5) is 0. The van der Waals surface area contributed by atoms with Crippen LogP contribution in [-0.2, 0) is 11.3 Å². The lowest BCUT2D eigenvalue weighted by Crippen LogP contribution is -2.30. The number of nitrogens with one attached hydrogen (secondary N) is 1. The van der Waals surface area contributed by atoms with Crippen molar-refractivity contribution in [2.24, 2.45) is 5.92 Å². The van der Waals surface area contributed by atoms with Gasteiger partial charge in [-0.15, -0.1) is 0 Å². The molecule has 0 aromatic heterocycles. The summed E-state index contributed by atoms with van der Waals surface area (Å²) in [5.74, 6) is -0.515. The molecule has 1 aromatic rings. The quantitative estimate of drug-likeness (QED) is 0.653. The summed E-state index contributed by atoms with van der Waals surface area (Å²) >= 11 is 0. The Morgan fingerprint density at radius 2 is 2.05 bits per heavy atom. The van der Waals surface area contributed by atoms with Crippen molar-refractivity contribution in [3.8, 4) is 0 Å². The summed E-state index contributed by atoms with van der Waals surface area (Å²) in [6.45, 7) is 5.77. The van der Waals surface area contributed by atoms with Crippen molar-refractivity contribution in [2.45, 2.75) is 39.3 Å². The number of hydrogen-bond acceptors (Lipinski definition) is 3. The highest BCUT2D eigenvalue weighted by Crippen LogP contribution is 2.09. The Balaban J connectivity index is 2.11. The van der Waals surface area contributed by atoms with Gasteiger partial charge < -0.3 is 15.2 Å². The molecule has 0 aliphatic carbocycles. The molecule has 0 saturated carbocycles. The Hall–Kier alpha value is -1.04. The lowest BCUT2D eigenvalue weighted by atomic mass is 10.1. The molecular formula is C16H25F2NO2. The molecule has 5 heteroatoms. The number of benzene rings is 1. The maximum absolute atomic E-state index is 13.4. The molecule has 1 rings (SSSR count). The fraction of sp³-hybridized carbons (Fsp3) is 0.625. The van der Waals surface area contributed by atoms with Crippen LogP contribution in [0.3, 0.4) is 0 Å². The summed E-state index contributed by atoms with van der Waals surface area (Å²) in [5, 5.41) is 12.6. The Morgan fingerprint density at radius 1 is 1.29 bits per heavy atom. The zero-order valence-corrected chi connectivity index (χ0v) is 12.7. The van der Waals surface area contributed by atoms with Gasteiger partial charge >= 0.3 is 0 Å². The van der Waals surface area contributed by atoms with Crippen molar-refractivity contribution in [3.63, 3.8) is 0 Å². The van der Waals surface area contributed by atoms with E-state index in [0.29, 0.717) is 24.6 Å². The molecule has 1 unspecified atom stereocenters. The smallest absolute Gasteiger partial charge is 0.130 e. The van der Waals surface area contributed by atoms with Crippen molar-refractivity contribution in [1.29, 1.82) is 0 Å². The number of ether oxygens (including phenoxy) is 1. The van der Waals surface area contributed by atoms with E-state index in [0.717, 1.165) is 18.9 Å². The van der Waals surface area contributed by atoms with Gasteiger partial charge in [0.15, 0.2) is 0 Å². The van der Waals surface area contributed by atoms with Crippen molar-refractivity contribution >= 4 is 0 Å². The molecule has 3 nitrogen and oxygen atoms in total. The van der Waals surface area contributed by atoms with Gasteiger partial charge in [0, 0.05) is 31.3 Å². The van der Waals surface area contributed by atoms with Crippen molar-refractivity contribution in [1.82, 2.24) is 5.32 Å². The molecule has 0 bridgehead atoms.